The topological polar surface area (TPSA) is 13.1 Å². The summed E-state index contributed by atoms with van der Waals surface area (Å²) in [6.45, 7) is 0. The Balaban J connectivity index is 1.41. The van der Waals surface area contributed by atoms with Crippen LogP contribution >= 0.6 is 0 Å². The molecule has 0 aliphatic carbocycles. The van der Waals surface area contributed by atoms with Crippen molar-refractivity contribution in [2.24, 2.45) is 0 Å². The van der Waals surface area contributed by atoms with E-state index < -0.39 is 286 Å². The molecule has 1 aromatic heterocycles. The maximum Gasteiger partial charge on any atom is 0.136 e. The fourth-order valence-corrected chi connectivity index (χ4v) is 6.04. The Morgan fingerprint density at radius 2 is 0.980 bits per heavy atom. The van der Waals surface area contributed by atoms with Crippen LogP contribution in [0.1, 0.15) is 52.2 Å². The molecule has 9 aromatic carbocycles. The second-order valence-corrected chi connectivity index (χ2v) is 10.9. The van der Waals surface area contributed by atoms with Crippen LogP contribution in [0.25, 0.3) is 87.6 Å². The van der Waals surface area contributed by atoms with Gasteiger partial charge < -0.3 is 4.42 Å². The molecule has 1 nitrogen and oxygen atoms in total. The standard InChI is InChI=1S/C49H32O/c1-2-13-34(14-3-1)39-21-11-23-46-49(39)48-38(16-10-22-45(48)50-46)31-44-40-17-6-8-19-42(40)47(43-20-9-7-18-41(43)44)35-27-24-33(25-28-35)37-29-26-32-12-4-5-15-36(32)30-37/h1-30H,31H2/i1D,2D,3D,4D,5D,6D,7D,8D,9D,10D,11D,12D,13D,14D,15D,16D,17D,18D,19D,20D,21D,22D,23D,24D,25D,26D,27D,28D,29D,30D. The number of furan rings is 1. The Labute approximate surface area is 332 Å². The molecule has 0 bridgehead atoms. The van der Waals surface area contributed by atoms with Crippen LogP contribution in [0.4, 0.5) is 0 Å². The monoisotopic (exact) mass is 666 g/mol. The number of fused-ring (bicyclic) bond motifs is 6. The van der Waals surface area contributed by atoms with Crippen molar-refractivity contribution in [1.29, 1.82) is 0 Å². The predicted molar refractivity (Wildman–Crippen MR) is 212 cm³/mol. The largest absolute Gasteiger partial charge is 0.456 e. The van der Waals surface area contributed by atoms with E-state index in [-0.39, 0.29) is 0 Å². The quantitative estimate of drug-likeness (QED) is 0.167. The van der Waals surface area contributed by atoms with Crippen molar-refractivity contribution < 1.29 is 45.5 Å². The van der Waals surface area contributed by atoms with E-state index in [2.05, 4.69) is 0 Å². The van der Waals surface area contributed by atoms with Gasteiger partial charge in [0.15, 0.2) is 0 Å². The van der Waals surface area contributed by atoms with Crippen molar-refractivity contribution in [3.8, 4) is 33.4 Å². The van der Waals surface area contributed by atoms with Crippen molar-refractivity contribution in [1.82, 2.24) is 0 Å². The van der Waals surface area contributed by atoms with Gasteiger partial charge in [0.05, 0.1) is 41.1 Å². The van der Waals surface area contributed by atoms with Gasteiger partial charge in [0.2, 0.25) is 0 Å². The van der Waals surface area contributed by atoms with E-state index in [4.69, 9.17) is 33.2 Å². The number of rotatable bonds is 5. The zero-order valence-corrected chi connectivity index (χ0v) is 25.1. The molecule has 0 aliphatic rings. The molecule has 234 valence electrons. The first-order valence-corrected chi connectivity index (χ1v) is 14.9. The van der Waals surface area contributed by atoms with E-state index in [1.807, 2.05) is 0 Å². The number of benzene rings is 9. The maximum atomic E-state index is 9.57. The van der Waals surface area contributed by atoms with Gasteiger partial charge in [0.1, 0.15) is 11.2 Å². The molecule has 0 N–H and O–H groups in total. The molecular weight excluding hydrogens is 605 g/mol. The van der Waals surface area contributed by atoms with Gasteiger partial charge >= 0.3 is 0 Å². The lowest BCUT2D eigenvalue weighted by molar-refractivity contribution is 0.669. The van der Waals surface area contributed by atoms with E-state index >= 15 is 0 Å². The van der Waals surface area contributed by atoms with Crippen LogP contribution in [-0.4, -0.2) is 0 Å². The minimum Gasteiger partial charge on any atom is -0.456 e. The highest BCUT2D eigenvalue weighted by Crippen LogP contribution is 2.43. The normalized spacial score (nSPS) is 20.1. The van der Waals surface area contributed by atoms with Gasteiger partial charge in [-0.15, -0.1) is 0 Å². The van der Waals surface area contributed by atoms with Crippen LogP contribution in [0.5, 0.6) is 0 Å². The molecule has 10 aromatic rings. The molecule has 1 heterocycles. The molecule has 1 heteroatoms. The molecule has 0 fully saturated rings. The minimum atomic E-state index is -1.09. The van der Waals surface area contributed by atoms with Crippen LogP contribution < -0.4 is 0 Å². The van der Waals surface area contributed by atoms with Gasteiger partial charge in [-0.2, -0.15) is 0 Å². The average Bonchev–Trinajstić information content (AvgIpc) is 3.96. The fraction of sp³-hybridized carbons (Fsp3) is 0.0204. The van der Waals surface area contributed by atoms with Crippen molar-refractivity contribution in [2.75, 3.05) is 0 Å². The van der Waals surface area contributed by atoms with Gasteiger partial charge in [0.25, 0.3) is 0 Å². The maximum absolute atomic E-state index is 9.57. The molecule has 0 spiro atoms. The summed E-state index contributed by atoms with van der Waals surface area (Å²) in [6.07, 6.45) is -0.958. The summed E-state index contributed by atoms with van der Waals surface area (Å²) in [7, 11) is 0. The highest BCUT2D eigenvalue weighted by molar-refractivity contribution is 6.17. The Bertz CT molecular complexity index is 4480. The first-order valence-electron chi connectivity index (χ1n) is 29.9. The first kappa shape index (κ1) is 11.6. The van der Waals surface area contributed by atoms with Crippen LogP contribution in [0.3, 0.4) is 0 Å². The Morgan fingerprint density at radius 1 is 0.400 bits per heavy atom. The summed E-state index contributed by atoms with van der Waals surface area (Å²) >= 11 is 0. The SMILES string of the molecule is [2H]c1c([2H])c([2H])c(-c2c([2H])c([2H])c([2H])c3oc4c([2H])c([2H])c([2H])c(Cc5c6c([2H])c([2H])c([2H])c([2H])c6c(-c6c([2H])c([2H])c(-c7c([2H])c([2H])c8c([2H])c([2H])c([2H])c([2H])c8c7[2H])c([2H])c6[2H])c6c([2H])c([2H])c([2H])c([2H])c56)c4c23)c([2H])c1[2H]. The van der Waals surface area contributed by atoms with Crippen LogP contribution in [0, 0.1) is 0 Å². The summed E-state index contributed by atoms with van der Waals surface area (Å²) < 4.78 is 275. The lowest BCUT2D eigenvalue weighted by Gasteiger charge is -2.18. The molecule has 0 unspecified atom stereocenters. The Hall–Kier alpha value is -6.44. The first-order chi connectivity index (χ1) is 37.3. The third-order valence-corrected chi connectivity index (χ3v) is 8.17. The molecule has 0 saturated carbocycles. The van der Waals surface area contributed by atoms with E-state index in [1.54, 1.807) is 0 Å². The van der Waals surface area contributed by atoms with Gasteiger partial charge in [-0.05, 0) is 101 Å². The average molecular weight is 667 g/mol. The third-order valence-electron chi connectivity index (χ3n) is 8.17. The Morgan fingerprint density at radius 3 is 1.72 bits per heavy atom. The van der Waals surface area contributed by atoms with Crippen LogP contribution in [-0.2, 0) is 6.42 Å². The second-order valence-electron chi connectivity index (χ2n) is 10.9. The zero-order valence-electron chi connectivity index (χ0n) is 55.1. The number of hydrogen-bond donors (Lipinski definition) is 0. The molecule has 0 aliphatic heterocycles. The van der Waals surface area contributed by atoms with Gasteiger partial charge in [0, 0.05) is 10.8 Å². The number of hydrogen-bond acceptors (Lipinski definition) is 1. The molecule has 50 heavy (non-hydrogen) atoms. The summed E-state index contributed by atoms with van der Waals surface area (Å²) in [4.78, 5) is 0. The molecule has 0 amide bonds. The third kappa shape index (κ3) is 4.63. The lowest BCUT2D eigenvalue weighted by atomic mass is 9.85. The van der Waals surface area contributed by atoms with Crippen LogP contribution in [0.15, 0.2) is 186 Å². The van der Waals surface area contributed by atoms with E-state index in [0.717, 1.165) is 0 Å². The van der Waals surface area contributed by atoms with Crippen molar-refractivity contribution in [3.63, 3.8) is 0 Å². The summed E-state index contributed by atoms with van der Waals surface area (Å²) in [5.41, 5.74) is -6.67. The molecule has 0 saturated heterocycles. The molecular formula is C49H32O. The van der Waals surface area contributed by atoms with E-state index in [1.165, 1.54) is 0 Å². The van der Waals surface area contributed by atoms with Crippen LogP contribution in [0.2, 0.25) is 0 Å². The minimum absolute atomic E-state index is 0.445. The Kier molecular flexibility index (Phi) is 2.69. The van der Waals surface area contributed by atoms with Crippen molar-refractivity contribution in [3.05, 3.63) is 192 Å². The smallest absolute Gasteiger partial charge is 0.136 e. The molecule has 0 radical (unpaired) electrons. The summed E-state index contributed by atoms with van der Waals surface area (Å²) in [6, 6.07) is -27.5. The van der Waals surface area contributed by atoms with E-state index in [9.17, 15) is 12.3 Å². The summed E-state index contributed by atoms with van der Waals surface area (Å²) in [5, 5.41) is -4.71. The summed E-state index contributed by atoms with van der Waals surface area (Å²) in [5.74, 6) is 0. The van der Waals surface area contributed by atoms with Gasteiger partial charge in [-0.1, -0.05) is 163 Å². The highest BCUT2D eigenvalue weighted by Gasteiger charge is 2.19. The molecule has 0 atom stereocenters. The van der Waals surface area contributed by atoms with E-state index in [0.29, 0.717) is 0 Å². The highest BCUT2D eigenvalue weighted by atomic mass is 16.3. The van der Waals surface area contributed by atoms with Gasteiger partial charge in [-0.25, -0.2) is 0 Å². The molecule has 10 rings (SSSR count). The van der Waals surface area contributed by atoms with Crippen molar-refractivity contribution >= 4 is 54.3 Å². The van der Waals surface area contributed by atoms with Gasteiger partial charge in [-0.3, -0.25) is 0 Å². The predicted octanol–water partition coefficient (Wildman–Crippen LogP) is 13.6. The fourth-order valence-electron chi connectivity index (χ4n) is 6.04. The zero-order chi connectivity index (χ0) is 59.1. The second kappa shape index (κ2) is 11.6. The lowest BCUT2D eigenvalue weighted by Crippen LogP contribution is -1.96. The van der Waals surface area contributed by atoms with Crippen molar-refractivity contribution in [2.45, 2.75) is 6.42 Å².